The van der Waals surface area contributed by atoms with E-state index in [0.29, 0.717) is 19.2 Å². The van der Waals surface area contributed by atoms with Gasteiger partial charge >= 0.3 is 5.97 Å². The largest absolute Gasteiger partial charge is 0.479 e. The average molecular weight is 200 g/mol. The number of aliphatic carboxylic acids is 1. The maximum absolute atomic E-state index is 10.7. The molecule has 2 saturated heterocycles. The maximum Gasteiger partial charge on any atom is 0.334 e. The van der Waals surface area contributed by atoms with Gasteiger partial charge in [0.15, 0.2) is 6.10 Å². The van der Waals surface area contributed by atoms with Crippen molar-refractivity contribution >= 4 is 5.97 Å². The van der Waals surface area contributed by atoms with Gasteiger partial charge in [0.1, 0.15) is 0 Å². The van der Waals surface area contributed by atoms with E-state index in [0.717, 1.165) is 19.6 Å². The third-order valence-electron chi connectivity index (χ3n) is 2.93. The van der Waals surface area contributed by atoms with Crippen LogP contribution in [0.4, 0.5) is 0 Å². The fourth-order valence-electron chi connectivity index (χ4n) is 2.05. The molecule has 0 aromatic heterocycles. The lowest BCUT2D eigenvalue weighted by atomic mass is 10.1. The number of carboxylic acid groups (broad SMARTS) is 1. The zero-order chi connectivity index (χ0) is 10.1. The molecule has 0 amide bonds. The predicted molar refractivity (Wildman–Crippen MR) is 50.2 cm³/mol. The Bertz CT molecular complexity index is 228. The highest BCUT2D eigenvalue weighted by Crippen LogP contribution is 2.16. The van der Waals surface area contributed by atoms with Gasteiger partial charge in [-0.2, -0.15) is 0 Å². The summed E-state index contributed by atoms with van der Waals surface area (Å²) in [6.07, 6.45) is -0.630. The van der Waals surface area contributed by atoms with Gasteiger partial charge < -0.3 is 14.7 Å². The van der Waals surface area contributed by atoms with Gasteiger partial charge in [0.05, 0.1) is 6.61 Å². The molecular formula is C9H16N2O3. The lowest BCUT2D eigenvalue weighted by molar-refractivity contribution is -0.158. The van der Waals surface area contributed by atoms with Gasteiger partial charge in [-0.05, 0) is 7.05 Å². The van der Waals surface area contributed by atoms with Crippen molar-refractivity contribution in [3.05, 3.63) is 0 Å². The number of carbonyl (C=O) groups is 1. The third kappa shape index (κ3) is 1.89. The molecule has 0 radical (unpaired) electrons. The van der Waals surface area contributed by atoms with E-state index < -0.39 is 12.1 Å². The Morgan fingerprint density at radius 1 is 1.43 bits per heavy atom. The number of nitrogens with zero attached hydrogens (tertiary/aromatic N) is 2. The summed E-state index contributed by atoms with van der Waals surface area (Å²) in [6.45, 7) is 4.03. The molecule has 1 atom stereocenters. The standard InChI is InChI=1S/C9H16N2O3/c1-10-4-7(5-10)11-2-3-14-8(6-11)9(12)13/h7-8H,2-6H2,1H3,(H,12,13). The molecule has 0 spiro atoms. The molecule has 0 aromatic rings. The van der Waals surface area contributed by atoms with Crippen molar-refractivity contribution in [2.45, 2.75) is 12.1 Å². The van der Waals surface area contributed by atoms with E-state index in [9.17, 15) is 4.79 Å². The summed E-state index contributed by atoms with van der Waals surface area (Å²) in [7, 11) is 2.08. The normalized spacial score (nSPS) is 31.4. The number of hydrogen-bond acceptors (Lipinski definition) is 4. The van der Waals surface area contributed by atoms with E-state index in [1.807, 2.05) is 0 Å². The van der Waals surface area contributed by atoms with E-state index >= 15 is 0 Å². The van der Waals surface area contributed by atoms with Crippen LogP contribution in [0.5, 0.6) is 0 Å². The van der Waals surface area contributed by atoms with Crippen molar-refractivity contribution in [3.63, 3.8) is 0 Å². The highest BCUT2D eigenvalue weighted by Gasteiger charge is 2.34. The second kappa shape index (κ2) is 3.84. The summed E-state index contributed by atoms with van der Waals surface area (Å²) < 4.78 is 5.16. The van der Waals surface area contributed by atoms with Crippen LogP contribution in [0.1, 0.15) is 0 Å². The predicted octanol–water partition coefficient (Wildman–Crippen LogP) is -0.914. The first-order valence-corrected chi connectivity index (χ1v) is 4.94. The van der Waals surface area contributed by atoms with Crippen molar-refractivity contribution in [1.82, 2.24) is 9.80 Å². The maximum atomic E-state index is 10.7. The monoisotopic (exact) mass is 200 g/mol. The lowest BCUT2D eigenvalue weighted by Gasteiger charge is -2.46. The number of carboxylic acids is 1. The third-order valence-corrected chi connectivity index (χ3v) is 2.93. The molecule has 2 aliphatic rings. The first-order chi connectivity index (χ1) is 6.66. The minimum absolute atomic E-state index is 0.533. The molecular weight excluding hydrogens is 184 g/mol. The summed E-state index contributed by atoms with van der Waals surface area (Å²) in [5.74, 6) is -0.845. The number of ether oxygens (including phenoxy) is 1. The molecule has 2 heterocycles. The number of likely N-dealkylation sites (tertiary alicyclic amines) is 1. The Hall–Kier alpha value is -0.650. The van der Waals surface area contributed by atoms with Gasteiger partial charge in [0, 0.05) is 32.2 Å². The Balaban J connectivity index is 1.85. The molecule has 2 aliphatic heterocycles. The second-order valence-electron chi connectivity index (χ2n) is 4.07. The summed E-state index contributed by atoms with van der Waals surface area (Å²) in [5, 5.41) is 8.82. The molecule has 80 valence electrons. The molecule has 14 heavy (non-hydrogen) atoms. The van der Waals surface area contributed by atoms with E-state index in [1.54, 1.807) is 0 Å². The number of morpholine rings is 1. The van der Waals surface area contributed by atoms with Crippen LogP contribution in [0.15, 0.2) is 0 Å². The summed E-state index contributed by atoms with van der Waals surface area (Å²) in [5.41, 5.74) is 0. The van der Waals surface area contributed by atoms with Crippen LogP contribution < -0.4 is 0 Å². The molecule has 1 N–H and O–H groups in total. The fourth-order valence-corrected chi connectivity index (χ4v) is 2.05. The highest BCUT2D eigenvalue weighted by atomic mass is 16.5. The van der Waals surface area contributed by atoms with Crippen LogP contribution in [0, 0.1) is 0 Å². The smallest absolute Gasteiger partial charge is 0.334 e. The zero-order valence-corrected chi connectivity index (χ0v) is 8.35. The number of hydrogen-bond donors (Lipinski definition) is 1. The Morgan fingerprint density at radius 3 is 2.71 bits per heavy atom. The summed E-state index contributed by atoms with van der Waals surface area (Å²) in [6, 6.07) is 0.533. The SMILES string of the molecule is CN1CC(N2CCOC(C(=O)O)C2)C1. The molecule has 0 aromatic carbocycles. The molecule has 5 nitrogen and oxygen atoms in total. The van der Waals surface area contributed by atoms with Gasteiger partial charge in [-0.1, -0.05) is 0 Å². The van der Waals surface area contributed by atoms with Crippen LogP contribution in [0.2, 0.25) is 0 Å². The van der Waals surface area contributed by atoms with E-state index in [4.69, 9.17) is 9.84 Å². The van der Waals surface area contributed by atoms with Gasteiger partial charge in [0.2, 0.25) is 0 Å². The van der Waals surface area contributed by atoms with Crippen LogP contribution in [-0.4, -0.2) is 72.9 Å². The molecule has 2 fully saturated rings. The van der Waals surface area contributed by atoms with E-state index in [1.165, 1.54) is 0 Å². The minimum atomic E-state index is -0.845. The average Bonchev–Trinajstić information content (AvgIpc) is 2.13. The van der Waals surface area contributed by atoms with E-state index in [2.05, 4.69) is 16.8 Å². The quantitative estimate of drug-likeness (QED) is 0.625. The number of rotatable bonds is 2. The Labute approximate surface area is 83.2 Å². The zero-order valence-electron chi connectivity index (χ0n) is 8.35. The topological polar surface area (TPSA) is 53.0 Å². The van der Waals surface area contributed by atoms with Crippen LogP contribution in [-0.2, 0) is 9.53 Å². The van der Waals surface area contributed by atoms with Crippen molar-refractivity contribution in [1.29, 1.82) is 0 Å². The van der Waals surface area contributed by atoms with Gasteiger partial charge in [0.25, 0.3) is 0 Å². The van der Waals surface area contributed by atoms with Crippen LogP contribution in [0.25, 0.3) is 0 Å². The van der Waals surface area contributed by atoms with Crippen molar-refractivity contribution in [2.24, 2.45) is 0 Å². The molecule has 0 bridgehead atoms. The van der Waals surface area contributed by atoms with Gasteiger partial charge in [-0.25, -0.2) is 4.79 Å². The summed E-state index contributed by atoms with van der Waals surface area (Å²) in [4.78, 5) is 15.2. The minimum Gasteiger partial charge on any atom is -0.479 e. The molecule has 2 rings (SSSR count). The summed E-state index contributed by atoms with van der Waals surface area (Å²) >= 11 is 0. The Morgan fingerprint density at radius 2 is 2.14 bits per heavy atom. The molecule has 0 saturated carbocycles. The first kappa shape index (κ1) is 9.89. The fraction of sp³-hybridized carbons (Fsp3) is 0.889. The van der Waals surface area contributed by atoms with Crippen molar-refractivity contribution < 1.29 is 14.6 Å². The lowest BCUT2D eigenvalue weighted by Crippen LogP contribution is -2.62. The van der Waals surface area contributed by atoms with E-state index in [-0.39, 0.29) is 0 Å². The Kier molecular flexibility index (Phi) is 2.71. The molecule has 0 aliphatic carbocycles. The molecule has 5 heteroatoms. The first-order valence-electron chi connectivity index (χ1n) is 4.94. The molecule has 1 unspecified atom stereocenters. The van der Waals surface area contributed by atoms with Crippen molar-refractivity contribution in [3.8, 4) is 0 Å². The van der Waals surface area contributed by atoms with Gasteiger partial charge in [-0.3, -0.25) is 4.90 Å². The van der Waals surface area contributed by atoms with Gasteiger partial charge in [-0.15, -0.1) is 0 Å². The number of likely N-dealkylation sites (N-methyl/N-ethyl adjacent to an activating group) is 1. The van der Waals surface area contributed by atoms with Crippen LogP contribution >= 0.6 is 0 Å². The van der Waals surface area contributed by atoms with Crippen LogP contribution in [0.3, 0.4) is 0 Å². The second-order valence-corrected chi connectivity index (χ2v) is 4.07. The highest BCUT2D eigenvalue weighted by molar-refractivity contribution is 5.72. The van der Waals surface area contributed by atoms with Crippen molar-refractivity contribution in [2.75, 3.05) is 39.8 Å².